The maximum atomic E-state index is 12.8. The van der Waals surface area contributed by atoms with Crippen LogP contribution in [0.2, 0.25) is 5.02 Å². The Morgan fingerprint density at radius 2 is 1.67 bits per heavy atom. The van der Waals surface area contributed by atoms with Crippen molar-refractivity contribution in [2.75, 3.05) is 36.0 Å². The molecule has 1 aromatic carbocycles. The molecule has 1 saturated heterocycles. The molecule has 158 valence electrons. The molecule has 3 aromatic rings. The Labute approximate surface area is 179 Å². The molecule has 30 heavy (non-hydrogen) atoms. The first-order valence-electron chi connectivity index (χ1n) is 9.14. The highest BCUT2D eigenvalue weighted by molar-refractivity contribution is 7.16. The molecule has 0 saturated carbocycles. The van der Waals surface area contributed by atoms with Gasteiger partial charge in [0.15, 0.2) is 0 Å². The molecule has 0 N–H and O–H groups in total. The highest BCUT2D eigenvalue weighted by Crippen LogP contribution is 2.38. The quantitative estimate of drug-likeness (QED) is 0.600. The van der Waals surface area contributed by atoms with Crippen LogP contribution in [0.15, 0.2) is 47.5 Å². The van der Waals surface area contributed by atoms with Crippen molar-refractivity contribution in [1.82, 2.24) is 14.5 Å². The Balaban J connectivity index is 1.40. The topological polar surface area (TPSA) is 54.3 Å². The summed E-state index contributed by atoms with van der Waals surface area (Å²) in [4.78, 5) is 23.9. The van der Waals surface area contributed by atoms with Crippen LogP contribution in [0.4, 0.5) is 24.1 Å². The number of benzene rings is 1. The third kappa shape index (κ3) is 4.59. The molecule has 0 bridgehead atoms. The molecule has 6 nitrogen and oxygen atoms in total. The van der Waals surface area contributed by atoms with Crippen molar-refractivity contribution in [2.45, 2.75) is 12.7 Å². The fraction of sp³-hybridized carbons (Fsp3) is 0.316. The van der Waals surface area contributed by atoms with Crippen LogP contribution >= 0.6 is 22.9 Å². The summed E-state index contributed by atoms with van der Waals surface area (Å²) < 4.78 is 39.8. The average molecular weight is 456 g/mol. The second-order valence-corrected chi connectivity index (χ2v) is 8.30. The van der Waals surface area contributed by atoms with Crippen LogP contribution in [0, 0.1) is 0 Å². The number of hydrogen-bond donors (Lipinski definition) is 0. The molecule has 3 heterocycles. The third-order valence-electron chi connectivity index (χ3n) is 4.77. The summed E-state index contributed by atoms with van der Waals surface area (Å²) in [6, 6.07) is 9.77. The zero-order chi connectivity index (χ0) is 21.3. The molecule has 0 radical (unpaired) electrons. The van der Waals surface area contributed by atoms with Gasteiger partial charge >= 0.3 is 11.9 Å². The van der Waals surface area contributed by atoms with Crippen molar-refractivity contribution in [3.8, 4) is 0 Å². The van der Waals surface area contributed by atoms with Crippen LogP contribution in [0.25, 0.3) is 0 Å². The van der Waals surface area contributed by atoms with Crippen molar-refractivity contribution in [2.24, 2.45) is 0 Å². The van der Waals surface area contributed by atoms with Gasteiger partial charge in [0.2, 0.25) is 5.95 Å². The lowest BCUT2D eigenvalue weighted by atomic mass is 10.2. The summed E-state index contributed by atoms with van der Waals surface area (Å²) in [5.41, 5.74) is 0.492. The molecule has 0 spiro atoms. The fourth-order valence-electron chi connectivity index (χ4n) is 3.17. The van der Waals surface area contributed by atoms with Crippen molar-refractivity contribution in [3.63, 3.8) is 0 Å². The summed E-state index contributed by atoms with van der Waals surface area (Å²) in [5.74, 6) is 0.328. The molecular weight excluding hydrogens is 439 g/mol. The van der Waals surface area contributed by atoms with Gasteiger partial charge in [0.25, 0.3) is 0 Å². The van der Waals surface area contributed by atoms with Crippen LogP contribution in [0.3, 0.4) is 0 Å². The fourth-order valence-corrected chi connectivity index (χ4v) is 4.22. The lowest BCUT2D eigenvalue weighted by Gasteiger charge is -2.35. The SMILES string of the molecule is O=c1nc(N2CCN(c3ccc(C(F)(F)F)s3)CC2)ncn1Cc1ccc(Cl)cc1. The first kappa shape index (κ1) is 20.7. The number of alkyl halides is 3. The Hall–Kier alpha value is -2.59. The molecule has 11 heteroatoms. The average Bonchev–Trinajstić information content (AvgIpc) is 3.22. The van der Waals surface area contributed by atoms with Crippen molar-refractivity contribution in [3.05, 3.63) is 68.7 Å². The second kappa shape index (κ2) is 8.27. The van der Waals surface area contributed by atoms with E-state index in [1.54, 1.807) is 12.1 Å². The standard InChI is InChI=1S/C19H17ClF3N5OS/c20-14-3-1-13(2-4-14)11-28-12-24-17(25-18(28)29)27-9-7-26(8-10-27)16-6-5-15(30-16)19(21,22)23/h1-6,12H,7-11H2. The lowest BCUT2D eigenvalue weighted by Crippen LogP contribution is -2.47. The number of piperazine rings is 1. The van der Waals surface area contributed by atoms with E-state index in [1.807, 2.05) is 21.9 Å². The maximum absolute atomic E-state index is 12.8. The minimum Gasteiger partial charge on any atom is -0.360 e. The van der Waals surface area contributed by atoms with E-state index < -0.39 is 16.7 Å². The number of nitrogens with zero attached hydrogens (tertiary/aromatic N) is 5. The minimum absolute atomic E-state index is 0.328. The van der Waals surface area contributed by atoms with Gasteiger partial charge in [-0.3, -0.25) is 4.57 Å². The van der Waals surface area contributed by atoms with Crippen molar-refractivity contribution < 1.29 is 13.2 Å². The number of thiophene rings is 1. The third-order valence-corrected chi connectivity index (χ3v) is 6.21. The number of aromatic nitrogens is 3. The van der Waals surface area contributed by atoms with E-state index in [-0.39, 0.29) is 0 Å². The van der Waals surface area contributed by atoms with Crippen molar-refractivity contribution in [1.29, 1.82) is 0 Å². The highest BCUT2D eigenvalue weighted by atomic mass is 35.5. The predicted molar refractivity (Wildman–Crippen MR) is 111 cm³/mol. The number of halogens is 4. The van der Waals surface area contributed by atoms with Crippen LogP contribution in [0.5, 0.6) is 0 Å². The van der Waals surface area contributed by atoms with Gasteiger partial charge in [0, 0.05) is 31.2 Å². The molecule has 2 aromatic heterocycles. The van der Waals surface area contributed by atoms with Crippen LogP contribution in [0.1, 0.15) is 10.4 Å². The van der Waals surface area contributed by atoms with E-state index >= 15 is 0 Å². The second-order valence-electron chi connectivity index (χ2n) is 6.80. The summed E-state index contributed by atoms with van der Waals surface area (Å²) in [6.07, 6.45) is -2.87. The summed E-state index contributed by atoms with van der Waals surface area (Å²) in [5, 5.41) is 1.20. The van der Waals surface area contributed by atoms with Crippen LogP contribution in [-0.4, -0.2) is 40.7 Å². The zero-order valence-corrected chi connectivity index (χ0v) is 17.2. The number of hydrogen-bond acceptors (Lipinski definition) is 6. The van der Waals surface area contributed by atoms with Gasteiger partial charge in [-0.1, -0.05) is 23.7 Å². The monoisotopic (exact) mass is 455 g/mol. The maximum Gasteiger partial charge on any atom is 0.425 e. The molecule has 0 atom stereocenters. The van der Waals surface area contributed by atoms with Gasteiger partial charge < -0.3 is 9.80 Å². The smallest absolute Gasteiger partial charge is 0.360 e. The summed E-state index contributed by atoms with van der Waals surface area (Å²) in [6.45, 7) is 2.41. The molecule has 0 unspecified atom stereocenters. The van der Waals surface area contributed by atoms with Gasteiger partial charge in [0.1, 0.15) is 11.2 Å². The van der Waals surface area contributed by atoms with Crippen molar-refractivity contribution >= 4 is 33.9 Å². The van der Waals surface area contributed by atoms with Crippen LogP contribution in [-0.2, 0) is 12.7 Å². The van der Waals surface area contributed by atoms with Crippen LogP contribution < -0.4 is 15.5 Å². The molecule has 0 aliphatic carbocycles. The Morgan fingerprint density at radius 3 is 2.27 bits per heavy atom. The first-order chi connectivity index (χ1) is 14.3. The van der Waals surface area contributed by atoms with E-state index in [4.69, 9.17) is 11.6 Å². The zero-order valence-electron chi connectivity index (χ0n) is 15.6. The van der Waals surface area contributed by atoms with Gasteiger partial charge in [-0.25, -0.2) is 9.78 Å². The number of rotatable bonds is 4. The van der Waals surface area contributed by atoms with Gasteiger partial charge in [-0.15, -0.1) is 11.3 Å². The molecule has 0 amide bonds. The normalized spacial score (nSPS) is 14.9. The molecule has 1 aliphatic heterocycles. The lowest BCUT2D eigenvalue weighted by molar-refractivity contribution is -0.134. The van der Waals surface area contributed by atoms with Gasteiger partial charge in [-0.2, -0.15) is 18.2 Å². The summed E-state index contributed by atoms with van der Waals surface area (Å²) in [7, 11) is 0. The van der Waals surface area contributed by atoms with Gasteiger partial charge in [-0.05, 0) is 29.8 Å². The van der Waals surface area contributed by atoms with E-state index in [1.165, 1.54) is 17.0 Å². The van der Waals surface area contributed by atoms with Gasteiger partial charge in [0.05, 0.1) is 11.5 Å². The highest BCUT2D eigenvalue weighted by Gasteiger charge is 2.33. The Bertz CT molecular complexity index is 1070. The largest absolute Gasteiger partial charge is 0.425 e. The summed E-state index contributed by atoms with van der Waals surface area (Å²) >= 11 is 6.61. The molecular formula is C19H17ClF3N5OS. The molecule has 4 rings (SSSR count). The first-order valence-corrected chi connectivity index (χ1v) is 10.3. The van der Waals surface area contributed by atoms with E-state index in [2.05, 4.69) is 9.97 Å². The Kier molecular flexibility index (Phi) is 5.70. The molecule has 1 fully saturated rings. The van der Waals surface area contributed by atoms with E-state index in [0.29, 0.717) is 48.7 Å². The predicted octanol–water partition coefficient (Wildman–Crippen LogP) is 3.75. The minimum atomic E-state index is -4.32. The van der Waals surface area contributed by atoms with E-state index in [0.717, 1.165) is 23.0 Å². The number of anilines is 2. The Morgan fingerprint density at radius 1 is 1.00 bits per heavy atom. The molecule has 1 aliphatic rings. The van der Waals surface area contributed by atoms with E-state index in [9.17, 15) is 18.0 Å².